The number of carbonyl (C=O) groups excluding carboxylic acids is 2. The molecule has 1 amide bonds. The summed E-state index contributed by atoms with van der Waals surface area (Å²) in [6.07, 6.45) is 1.90. The molecule has 7 nitrogen and oxygen atoms in total. The third-order valence-electron chi connectivity index (χ3n) is 3.40. The summed E-state index contributed by atoms with van der Waals surface area (Å²) < 4.78 is 10.4. The van der Waals surface area contributed by atoms with Crippen molar-refractivity contribution in [3.05, 3.63) is 54.0 Å². The Morgan fingerprint density at radius 1 is 1.21 bits per heavy atom. The number of amides is 1. The minimum Gasteiger partial charge on any atom is -0.449 e. The Morgan fingerprint density at radius 3 is 2.79 bits per heavy atom. The highest BCUT2D eigenvalue weighted by Crippen LogP contribution is 2.18. The molecule has 122 valence electrons. The molecule has 2 aromatic heterocycles. The highest BCUT2D eigenvalue weighted by Gasteiger charge is 2.21. The maximum absolute atomic E-state index is 12.3. The lowest BCUT2D eigenvalue weighted by molar-refractivity contribution is -0.123. The van der Waals surface area contributed by atoms with Crippen molar-refractivity contribution in [1.29, 1.82) is 0 Å². The zero-order chi connectivity index (χ0) is 17.1. The molecule has 1 unspecified atom stereocenters. The monoisotopic (exact) mass is 325 g/mol. The van der Waals surface area contributed by atoms with Gasteiger partial charge in [0.1, 0.15) is 11.3 Å². The van der Waals surface area contributed by atoms with E-state index in [9.17, 15) is 9.59 Å². The summed E-state index contributed by atoms with van der Waals surface area (Å²) in [6, 6.07) is 8.42. The number of aromatic nitrogens is 2. The number of esters is 1. The van der Waals surface area contributed by atoms with Crippen LogP contribution in [0.1, 0.15) is 22.8 Å². The van der Waals surface area contributed by atoms with E-state index in [1.54, 1.807) is 30.5 Å². The van der Waals surface area contributed by atoms with Crippen molar-refractivity contribution in [2.24, 2.45) is 0 Å². The molecule has 1 aromatic carbocycles. The molecule has 0 spiro atoms. The zero-order valence-electron chi connectivity index (χ0n) is 13.1. The number of oxazole rings is 1. The van der Waals surface area contributed by atoms with Crippen molar-refractivity contribution in [2.75, 3.05) is 5.32 Å². The average Bonchev–Trinajstić information content (AvgIpc) is 3.05. The molecule has 0 bridgehead atoms. The molecular formula is C17H15N3O4. The predicted molar refractivity (Wildman–Crippen MR) is 86.5 cm³/mol. The van der Waals surface area contributed by atoms with Gasteiger partial charge in [0.05, 0.1) is 5.56 Å². The lowest BCUT2D eigenvalue weighted by atomic mass is 10.2. The number of para-hydroxylation sites is 1. The summed E-state index contributed by atoms with van der Waals surface area (Å²) in [7, 11) is 0. The Kier molecular flexibility index (Phi) is 4.24. The molecule has 24 heavy (non-hydrogen) atoms. The smallest absolute Gasteiger partial charge is 0.341 e. The van der Waals surface area contributed by atoms with E-state index in [0.29, 0.717) is 16.9 Å². The molecule has 0 radical (unpaired) electrons. The van der Waals surface area contributed by atoms with Gasteiger partial charge in [0, 0.05) is 6.20 Å². The largest absolute Gasteiger partial charge is 0.449 e. The Balaban J connectivity index is 1.68. The zero-order valence-corrected chi connectivity index (χ0v) is 13.1. The van der Waals surface area contributed by atoms with Gasteiger partial charge in [-0.2, -0.15) is 0 Å². The van der Waals surface area contributed by atoms with Gasteiger partial charge in [-0.1, -0.05) is 12.1 Å². The van der Waals surface area contributed by atoms with E-state index >= 15 is 0 Å². The van der Waals surface area contributed by atoms with E-state index in [0.717, 1.165) is 5.56 Å². The molecule has 0 aliphatic carbocycles. The number of pyridine rings is 1. The fourth-order valence-corrected chi connectivity index (χ4v) is 2.10. The highest BCUT2D eigenvalue weighted by atomic mass is 16.5. The molecule has 0 saturated carbocycles. The Hall–Kier alpha value is -3.22. The van der Waals surface area contributed by atoms with Crippen LogP contribution in [0.4, 0.5) is 5.82 Å². The van der Waals surface area contributed by atoms with E-state index in [2.05, 4.69) is 15.3 Å². The molecule has 1 atom stereocenters. The first kappa shape index (κ1) is 15.7. The third-order valence-corrected chi connectivity index (χ3v) is 3.40. The van der Waals surface area contributed by atoms with Crippen molar-refractivity contribution in [2.45, 2.75) is 20.0 Å². The van der Waals surface area contributed by atoms with Crippen LogP contribution in [-0.2, 0) is 9.53 Å². The van der Waals surface area contributed by atoms with Gasteiger partial charge >= 0.3 is 5.97 Å². The molecule has 0 aliphatic heterocycles. The number of hydrogen-bond donors (Lipinski definition) is 1. The van der Waals surface area contributed by atoms with Gasteiger partial charge in [-0.3, -0.25) is 4.79 Å². The lowest BCUT2D eigenvalue weighted by Crippen LogP contribution is -2.30. The number of aryl methyl sites for hydroxylation is 1. The van der Waals surface area contributed by atoms with E-state index in [-0.39, 0.29) is 5.56 Å². The van der Waals surface area contributed by atoms with Crippen LogP contribution >= 0.6 is 0 Å². The minimum absolute atomic E-state index is 0.245. The van der Waals surface area contributed by atoms with E-state index < -0.39 is 18.0 Å². The summed E-state index contributed by atoms with van der Waals surface area (Å²) in [5.74, 6) is -0.715. The van der Waals surface area contributed by atoms with Gasteiger partial charge in [-0.05, 0) is 37.6 Å². The second kappa shape index (κ2) is 6.49. The van der Waals surface area contributed by atoms with Gasteiger partial charge in [0.15, 0.2) is 18.1 Å². The number of carbonyl (C=O) groups is 2. The molecule has 2 heterocycles. The number of nitrogens with one attached hydrogen (secondary N) is 1. The topological polar surface area (TPSA) is 94.3 Å². The molecule has 0 saturated heterocycles. The van der Waals surface area contributed by atoms with Gasteiger partial charge < -0.3 is 14.5 Å². The van der Waals surface area contributed by atoms with E-state index in [1.807, 2.05) is 13.0 Å². The fourth-order valence-electron chi connectivity index (χ4n) is 2.10. The van der Waals surface area contributed by atoms with Crippen molar-refractivity contribution < 1.29 is 18.7 Å². The molecule has 0 fully saturated rings. The SMILES string of the molecule is Cc1ccc(NC(=O)C(C)OC(=O)c2cccc3ocnc23)nc1. The predicted octanol–water partition coefficient (Wildman–Crippen LogP) is 2.72. The summed E-state index contributed by atoms with van der Waals surface area (Å²) in [5, 5.41) is 2.60. The van der Waals surface area contributed by atoms with Gasteiger partial charge in [0.2, 0.25) is 0 Å². The van der Waals surface area contributed by atoms with Crippen LogP contribution in [0.2, 0.25) is 0 Å². The average molecular weight is 325 g/mol. The Morgan fingerprint density at radius 2 is 2.04 bits per heavy atom. The highest BCUT2D eigenvalue weighted by molar-refractivity contribution is 6.03. The summed E-state index contributed by atoms with van der Waals surface area (Å²) in [5.41, 5.74) is 2.10. The third kappa shape index (κ3) is 3.24. The maximum atomic E-state index is 12.3. The van der Waals surface area contributed by atoms with Crippen LogP contribution < -0.4 is 5.32 Å². The first-order valence-corrected chi connectivity index (χ1v) is 7.31. The second-order valence-corrected chi connectivity index (χ2v) is 5.26. The van der Waals surface area contributed by atoms with Crippen molar-refractivity contribution in [3.8, 4) is 0 Å². The van der Waals surface area contributed by atoms with Gasteiger partial charge in [-0.15, -0.1) is 0 Å². The first-order chi connectivity index (χ1) is 11.5. The standard InChI is InChI=1S/C17H15N3O4/c1-10-6-7-14(18-8-10)20-16(21)11(2)24-17(22)12-4-3-5-13-15(12)19-9-23-13/h3-9,11H,1-2H3,(H,18,20,21). The summed E-state index contributed by atoms with van der Waals surface area (Å²) in [6.45, 7) is 3.39. The van der Waals surface area contributed by atoms with Crippen molar-refractivity contribution >= 4 is 28.8 Å². The number of rotatable bonds is 4. The first-order valence-electron chi connectivity index (χ1n) is 7.31. The number of ether oxygens (including phenoxy) is 1. The quantitative estimate of drug-likeness (QED) is 0.741. The molecule has 3 aromatic rings. The molecular weight excluding hydrogens is 310 g/mol. The van der Waals surface area contributed by atoms with Crippen molar-refractivity contribution in [3.63, 3.8) is 0 Å². The summed E-state index contributed by atoms with van der Waals surface area (Å²) >= 11 is 0. The van der Waals surface area contributed by atoms with Crippen LogP contribution in [0.5, 0.6) is 0 Å². The van der Waals surface area contributed by atoms with Crippen LogP contribution in [0.15, 0.2) is 47.3 Å². The lowest BCUT2D eigenvalue weighted by Gasteiger charge is -2.13. The van der Waals surface area contributed by atoms with Gasteiger partial charge in [-0.25, -0.2) is 14.8 Å². The molecule has 1 N–H and O–H groups in total. The molecule has 7 heteroatoms. The number of fused-ring (bicyclic) bond motifs is 1. The second-order valence-electron chi connectivity index (χ2n) is 5.26. The number of hydrogen-bond acceptors (Lipinski definition) is 6. The van der Waals surface area contributed by atoms with Crippen LogP contribution in [-0.4, -0.2) is 27.9 Å². The maximum Gasteiger partial charge on any atom is 0.341 e. The van der Waals surface area contributed by atoms with Crippen LogP contribution in [0.25, 0.3) is 11.1 Å². The van der Waals surface area contributed by atoms with Crippen molar-refractivity contribution in [1.82, 2.24) is 9.97 Å². The number of benzene rings is 1. The van der Waals surface area contributed by atoms with Crippen LogP contribution in [0.3, 0.4) is 0 Å². The number of anilines is 1. The van der Waals surface area contributed by atoms with Gasteiger partial charge in [0.25, 0.3) is 5.91 Å². The fraction of sp³-hybridized carbons (Fsp3) is 0.176. The van der Waals surface area contributed by atoms with Crippen LogP contribution in [0, 0.1) is 6.92 Å². The molecule has 3 rings (SSSR count). The van der Waals surface area contributed by atoms with E-state index in [4.69, 9.17) is 9.15 Å². The normalized spacial score (nSPS) is 11.9. The van der Waals surface area contributed by atoms with E-state index in [1.165, 1.54) is 13.3 Å². The minimum atomic E-state index is -0.984. The summed E-state index contributed by atoms with van der Waals surface area (Å²) in [4.78, 5) is 32.5. The Bertz CT molecular complexity index is 886. The number of nitrogens with zero attached hydrogens (tertiary/aromatic N) is 2. The molecule has 0 aliphatic rings. The Labute approximate surface area is 137 Å².